The number of carboxylic acid groups (broad SMARTS) is 1. The molecule has 0 aliphatic carbocycles. The van der Waals surface area contributed by atoms with Crippen LogP contribution in [0.4, 0.5) is 0 Å². The average Bonchev–Trinajstić information content (AvgIpc) is 1.61. The molecule has 0 amide bonds. The molecule has 0 saturated carbocycles. The standard InChI is InChI=1S/C4H3O4/c5-3(6)1-2-4(7)8/h1-2H,(H,5,6)/b2-1+. The highest BCUT2D eigenvalue weighted by molar-refractivity contribution is 5.89. The summed E-state index contributed by atoms with van der Waals surface area (Å²) >= 11 is 0. The largest absolute Gasteiger partial charge is 0.478 e. The average molecular weight is 115 g/mol. The van der Waals surface area contributed by atoms with Gasteiger partial charge in [0, 0.05) is 12.2 Å². The van der Waals surface area contributed by atoms with Crippen LogP contribution < -0.4 is 0 Å². The highest BCUT2D eigenvalue weighted by atomic mass is 16.4. The third kappa shape index (κ3) is 4.68. The van der Waals surface area contributed by atoms with Gasteiger partial charge in [0.2, 0.25) is 0 Å². The van der Waals surface area contributed by atoms with Gasteiger partial charge in [-0.2, -0.15) is 0 Å². The second-order valence-corrected chi connectivity index (χ2v) is 0.991. The Morgan fingerprint density at radius 2 is 1.75 bits per heavy atom. The Balaban J connectivity index is 3.67. The molecule has 8 heavy (non-hydrogen) atoms. The molecular weight excluding hydrogens is 112 g/mol. The minimum Gasteiger partial charge on any atom is -0.478 e. The number of carbonyl (C=O) groups excluding carboxylic acids is 1. The molecule has 0 rings (SSSR count). The fourth-order valence-electron chi connectivity index (χ4n) is 0.139. The van der Waals surface area contributed by atoms with Gasteiger partial charge in [-0.3, -0.25) is 0 Å². The van der Waals surface area contributed by atoms with Crippen LogP contribution in [0.5, 0.6) is 0 Å². The molecule has 0 spiro atoms. The molecule has 4 nitrogen and oxygen atoms in total. The summed E-state index contributed by atoms with van der Waals surface area (Å²) < 4.78 is 0. The van der Waals surface area contributed by atoms with E-state index in [0.29, 0.717) is 12.2 Å². The molecule has 0 aliphatic rings. The van der Waals surface area contributed by atoms with Gasteiger partial charge in [-0.05, 0) is 0 Å². The number of hydrogen-bond donors (Lipinski definition) is 1. The minimum absolute atomic E-state index is 0.447. The molecule has 43 valence electrons. The summed E-state index contributed by atoms with van der Waals surface area (Å²) in [4.78, 5) is 19.0. The normalized spacial score (nSPS) is 9.50. The van der Waals surface area contributed by atoms with Gasteiger partial charge < -0.3 is 5.11 Å². The van der Waals surface area contributed by atoms with Crippen molar-refractivity contribution in [2.24, 2.45) is 0 Å². The van der Waals surface area contributed by atoms with Crippen molar-refractivity contribution in [1.29, 1.82) is 0 Å². The van der Waals surface area contributed by atoms with Crippen LogP contribution in [0.2, 0.25) is 0 Å². The lowest BCUT2D eigenvalue weighted by Crippen LogP contribution is -1.90. The Hall–Kier alpha value is -1.32. The summed E-state index contributed by atoms with van der Waals surface area (Å²) in [6.07, 6.45) is 0.942. The second-order valence-electron chi connectivity index (χ2n) is 0.991. The van der Waals surface area contributed by atoms with E-state index >= 15 is 0 Å². The first-order chi connectivity index (χ1) is 3.63. The van der Waals surface area contributed by atoms with Gasteiger partial charge in [-0.25, -0.2) is 14.7 Å². The molecule has 4 heteroatoms. The van der Waals surface area contributed by atoms with Gasteiger partial charge in [0.25, 0.3) is 0 Å². The van der Waals surface area contributed by atoms with Crippen molar-refractivity contribution < 1.29 is 19.8 Å². The first-order valence-electron chi connectivity index (χ1n) is 1.75. The monoisotopic (exact) mass is 115 g/mol. The quantitative estimate of drug-likeness (QED) is 0.497. The Kier molecular flexibility index (Phi) is 2.33. The predicted molar refractivity (Wildman–Crippen MR) is 22.5 cm³/mol. The zero-order valence-corrected chi connectivity index (χ0v) is 3.83. The predicted octanol–water partition coefficient (Wildman–Crippen LogP) is -0.416. The lowest BCUT2D eigenvalue weighted by atomic mass is 10.5. The Labute approximate surface area is 45.1 Å². The lowest BCUT2D eigenvalue weighted by Gasteiger charge is -1.71. The van der Waals surface area contributed by atoms with E-state index in [4.69, 9.17) is 5.11 Å². The molecule has 0 fully saturated rings. The van der Waals surface area contributed by atoms with Crippen LogP contribution in [0.1, 0.15) is 0 Å². The summed E-state index contributed by atoms with van der Waals surface area (Å²) in [5.41, 5.74) is 0. The fraction of sp³-hybridized carbons (Fsp3) is 0. The number of hydrogen-bond acceptors (Lipinski definition) is 2. The molecular formula is C4H3O4. The second kappa shape index (κ2) is 2.79. The van der Waals surface area contributed by atoms with E-state index in [9.17, 15) is 14.7 Å². The van der Waals surface area contributed by atoms with E-state index in [1.807, 2.05) is 0 Å². The molecule has 0 heterocycles. The topological polar surface area (TPSA) is 74.3 Å². The van der Waals surface area contributed by atoms with Crippen molar-refractivity contribution >= 4 is 11.9 Å². The minimum atomic E-state index is -1.51. The number of rotatable bonds is 2. The van der Waals surface area contributed by atoms with E-state index in [0.717, 1.165) is 0 Å². The zero-order chi connectivity index (χ0) is 6.57. The molecule has 1 N–H and O–H groups in total. The van der Waals surface area contributed by atoms with Crippen LogP contribution in [-0.4, -0.2) is 17.0 Å². The molecule has 0 aliphatic heterocycles. The summed E-state index contributed by atoms with van der Waals surface area (Å²) in [5, 5.41) is 17.2. The van der Waals surface area contributed by atoms with E-state index in [-0.39, 0.29) is 0 Å². The van der Waals surface area contributed by atoms with E-state index in [1.165, 1.54) is 0 Å². The Morgan fingerprint density at radius 3 is 1.88 bits per heavy atom. The van der Waals surface area contributed by atoms with Crippen molar-refractivity contribution in [2.45, 2.75) is 0 Å². The van der Waals surface area contributed by atoms with Gasteiger partial charge in [-0.15, -0.1) is 0 Å². The first-order valence-corrected chi connectivity index (χ1v) is 1.75. The third-order valence-corrected chi connectivity index (χ3v) is 0.362. The van der Waals surface area contributed by atoms with Crippen LogP contribution in [0.15, 0.2) is 12.2 Å². The first kappa shape index (κ1) is 6.68. The molecule has 0 aromatic heterocycles. The van der Waals surface area contributed by atoms with Crippen LogP contribution in [0, 0.1) is 0 Å². The molecule has 1 radical (unpaired) electrons. The van der Waals surface area contributed by atoms with Gasteiger partial charge in [0.1, 0.15) is 0 Å². The summed E-state index contributed by atoms with van der Waals surface area (Å²) in [6, 6.07) is 0. The van der Waals surface area contributed by atoms with Crippen molar-refractivity contribution in [2.75, 3.05) is 0 Å². The summed E-state index contributed by atoms with van der Waals surface area (Å²) in [6.45, 7) is 0. The Bertz CT molecular complexity index is 119. The molecule has 0 atom stereocenters. The Morgan fingerprint density at radius 1 is 1.25 bits per heavy atom. The lowest BCUT2D eigenvalue weighted by molar-refractivity contribution is -0.138. The maximum absolute atomic E-state index is 9.53. The van der Waals surface area contributed by atoms with E-state index in [1.54, 1.807) is 0 Å². The molecule has 0 saturated heterocycles. The zero-order valence-electron chi connectivity index (χ0n) is 3.83. The van der Waals surface area contributed by atoms with Crippen molar-refractivity contribution in [3.63, 3.8) is 0 Å². The van der Waals surface area contributed by atoms with Crippen molar-refractivity contribution in [3.05, 3.63) is 12.2 Å². The smallest absolute Gasteiger partial charge is 0.379 e. The molecule has 0 unspecified atom stereocenters. The third-order valence-electron chi connectivity index (χ3n) is 0.362. The molecule has 0 aromatic carbocycles. The van der Waals surface area contributed by atoms with Crippen molar-refractivity contribution in [1.82, 2.24) is 0 Å². The maximum Gasteiger partial charge on any atom is 0.379 e. The highest BCUT2D eigenvalue weighted by Gasteiger charge is 1.90. The van der Waals surface area contributed by atoms with E-state index < -0.39 is 11.9 Å². The number of carbonyl (C=O) groups is 2. The maximum atomic E-state index is 9.53. The fourth-order valence-corrected chi connectivity index (χ4v) is 0.139. The number of carboxylic acids is 1. The SMILES string of the molecule is [O]C(=O)/C=C/C(=O)O. The summed E-state index contributed by atoms with van der Waals surface area (Å²) in [5.74, 6) is -2.80. The van der Waals surface area contributed by atoms with Gasteiger partial charge >= 0.3 is 11.9 Å². The van der Waals surface area contributed by atoms with Gasteiger partial charge in [0.15, 0.2) is 0 Å². The molecule has 0 aromatic rings. The van der Waals surface area contributed by atoms with Crippen LogP contribution in [-0.2, 0) is 14.7 Å². The van der Waals surface area contributed by atoms with Crippen LogP contribution in [0.3, 0.4) is 0 Å². The highest BCUT2D eigenvalue weighted by Crippen LogP contribution is 1.71. The van der Waals surface area contributed by atoms with Crippen LogP contribution >= 0.6 is 0 Å². The van der Waals surface area contributed by atoms with Crippen molar-refractivity contribution in [3.8, 4) is 0 Å². The van der Waals surface area contributed by atoms with Crippen LogP contribution in [0.25, 0.3) is 0 Å². The van der Waals surface area contributed by atoms with E-state index in [2.05, 4.69) is 0 Å². The molecule has 0 bridgehead atoms. The number of aliphatic carboxylic acids is 1. The van der Waals surface area contributed by atoms with Gasteiger partial charge in [0.05, 0.1) is 0 Å². The summed E-state index contributed by atoms with van der Waals surface area (Å²) in [7, 11) is 0. The van der Waals surface area contributed by atoms with Gasteiger partial charge in [-0.1, -0.05) is 0 Å².